The van der Waals surface area contributed by atoms with Crippen molar-refractivity contribution in [2.24, 2.45) is 0 Å². The van der Waals surface area contributed by atoms with Gasteiger partial charge < -0.3 is 0 Å². The molecule has 1 nitrogen and oxygen atoms in total. The Morgan fingerprint density at radius 3 is 1.33 bits per heavy atom. The van der Waals surface area contributed by atoms with Gasteiger partial charge in [-0.1, -0.05) is 0 Å². The van der Waals surface area contributed by atoms with E-state index in [2.05, 4.69) is 126 Å². The van der Waals surface area contributed by atoms with Crippen LogP contribution in [-0.4, -0.2) is 19.5 Å². The van der Waals surface area contributed by atoms with Gasteiger partial charge in [-0.3, -0.25) is 0 Å². The normalized spacial score (nSPS) is 11.3. The van der Waals surface area contributed by atoms with Gasteiger partial charge in [0.05, 0.1) is 0 Å². The maximum atomic E-state index is 5.31. The molecule has 0 bridgehead atoms. The second-order valence-electron chi connectivity index (χ2n) is 7.05. The summed E-state index contributed by atoms with van der Waals surface area (Å²) in [4.78, 5) is 7.73. The minimum atomic E-state index is -2.07. The van der Waals surface area contributed by atoms with Gasteiger partial charge in [-0.2, -0.15) is 0 Å². The van der Waals surface area contributed by atoms with Gasteiger partial charge in [-0.15, -0.1) is 0 Å². The molecule has 0 saturated heterocycles. The van der Waals surface area contributed by atoms with Gasteiger partial charge in [-0.05, 0) is 0 Å². The third kappa shape index (κ3) is 3.38. The summed E-state index contributed by atoms with van der Waals surface area (Å²) in [5.74, 6) is 0. The van der Waals surface area contributed by atoms with E-state index in [9.17, 15) is 0 Å². The summed E-state index contributed by atoms with van der Waals surface area (Å²) in [7, 11) is -2.07. The fourth-order valence-corrected chi connectivity index (χ4v) is 10.8. The summed E-state index contributed by atoms with van der Waals surface area (Å²) < 4.78 is 1.21. The van der Waals surface area contributed by atoms with Gasteiger partial charge in [0.2, 0.25) is 0 Å². The predicted molar refractivity (Wildman–Crippen MR) is 131 cm³/mol. The average Bonchev–Trinajstić information content (AvgIpc) is 3.33. The van der Waals surface area contributed by atoms with E-state index < -0.39 is 7.26 Å². The minimum absolute atomic E-state index is 0.222. The van der Waals surface area contributed by atoms with E-state index in [-0.39, 0.29) is 14.5 Å². The standard InChI is InChI=1S/C27H21NPSe/c1-5-13-22(14-6-1)27-28-26(21-30-27)29(23-15-7-2-8-16-23,24-17-9-3-10-18-24)25-19-11-4-12-20-25/h1-21H/q+1. The molecule has 30 heavy (non-hydrogen) atoms. The Bertz CT molecular complexity index is 1120. The molecule has 0 amide bonds. The number of nitrogens with zero attached hydrogens (tertiary/aromatic N) is 1. The van der Waals surface area contributed by atoms with Crippen LogP contribution >= 0.6 is 7.26 Å². The van der Waals surface area contributed by atoms with Crippen LogP contribution in [0.3, 0.4) is 0 Å². The zero-order valence-electron chi connectivity index (χ0n) is 16.4. The van der Waals surface area contributed by atoms with Crippen LogP contribution in [0.25, 0.3) is 10.1 Å². The van der Waals surface area contributed by atoms with Crippen molar-refractivity contribution in [1.29, 1.82) is 0 Å². The molecule has 0 aliphatic carbocycles. The Morgan fingerprint density at radius 1 is 0.500 bits per heavy atom. The Morgan fingerprint density at radius 2 is 0.900 bits per heavy atom. The predicted octanol–water partition coefficient (Wildman–Crippen LogP) is 4.43. The molecule has 0 aliphatic rings. The Balaban J connectivity index is 1.82. The monoisotopic (exact) mass is 470 g/mol. The van der Waals surface area contributed by atoms with Crippen LogP contribution in [0.1, 0.15) is 0 Å². The molecule has 0 radical (unpaired) electrons. The van der Waals surface area contributed by atoms with Gasteiger partial charge in [0.15, 0.2) is 0 Å². The molecular weight excluding hydrogens is 448 g/mol. The van der Waals surface area contributed by atoms with Gasteiger partial charge in [0.25, 0.3) is 0 Å². The van der Waals surface area contributed by atoms with Gasteiger partial charge >= 0.3 is 184 Å². The number of hydrogen-bond acceptors (Lipinski definition) is 1. The Hall–Kier alpha value is -2.76. The number of aromatic nitrogens is 1. The molecule has 1 aromatic heterocycles. The molecule has 1 heterocycles. The second-order valence-corrected chi connectivity index (χ2v) is 12.2. The van der Waals surface area contributed by atoms with Crippen LogP contribution in [0.2, 0.25) is 0 Å². The van der Waals surface area contributed by atoms with E-state index in [1.54, 1.807) is 0 Å². The van der Waals surface area contributed by atoms with Gasteiger partial charge in [0.1, 0.15) is 0 Å². The number of benzene rings is 4. The first kappa shape index (κ1) is 19.2. The first-order chi connectivity index (χ1) is 14.9. The first-order valence-corrected chi connectivity index (χ1v) is 13.6. The molecule has 0 spiro atoms. The molecule has 5 rings (SSSR count). The van der Waals surface area contributed by atoms with E-state index >= 15 is 0 Å². The van der Waals surface area contributed by atoms with E-state index in [1.807, 2.05) is 0 Å². The van der Waals surface area contributed by atoms with Crippen molar-refractivity contribution in [2.45, 2.75) is 0 Å². The van der Waals surface area contributed by atoms with Crippen molar-refractivity contribution < 1.29 is 0 Å². The third-order valence-corrected chi connectivity index (χ3v) is 11.7. The number of rotatable bonds is 5. The quantitative estimate of drug-likeness (QED) is 0.274. The molecule has 0 N–H and O–H groups in total. The van der Waals surface area contributed by atoms with Gasteiger partial charge in [0, 0.05) is 0 Å². The second kappa shape index (κ2) is 8.54. The summed E-state index contributed by atoms with van der Waals surface area (Å²) in [5, 5.41) is 4.05. The van der Waals surface area contributed by atoms with Crippen LogP contribution in [0.5, 0.6) is 0 Å². The molecular formula is C27H21NPSe+. The Kier molecular flexibility index (Phi) is 5.47. The summed E-state index contributed by atoms with van der Waals surface area (Å²) >= 11 is 0.222. The van der Waals surface area contributed by atoms with E-state index in [1.165, 1.54) is 31.5 Å². The molecule has 5 aromatic rings. The summed E-state index contributed by atoms with van der Waals surface area (Å²) in [6, 6.07) is 43.5. The van der Waals surface area contributed by atoms with Crippen molar-refractivity contribution in [3.8, 4) is 10.1 Å². The van der Waals surface area contributed by atoms with Crippen molar-refractivity contribution in [3.05, 3.63) is 126 Å². The first-order valence-electron chi connectivity index (χ1n) is 9.96. The molecule has 4 aromatic carbocycles. The van der Waals surface area contributed by atoms with Crippen LogP contribution < -0.4 is 21.3 Å². The van der Waals surface area contributed by atoms with Crippen molar-refractivity contribution in [1.82, 2.24) is 4.98 Å². The third-order valence-electron chi connectivity index (χ3n) is 5.29. The van der Waals surface area contributed by atoms with E-state index in [0.717, 1.165) is 0 Å². The van der Waals surface area contributed by atoms with Crippen molar-refractivity contribution >= 4 is 43.1 Å². The zero-order valence-corrected chi connectivity index (χ0v) is 19.0. The SMILES string of the molecule is c1ccc(-c2nc([P+](c3ccccc3)(c3ccccc3)c3ccccc3)c[se]2)cc1. The molecule has 0 unspecified atom stereocenters. The van der Waals surface area contributed by atoms with E-state index in [4.69, 9.17) is 4.98 Å². The van der Waals surface area contributed by atoms with Crippen LogP contribution in [0, 0.1) is 0 Å². The topological polar surface area (TPSA) is 12.9 Å². The molecule has 0 aliphatic heterocycles. The number of hydrogen-bond donors (Lipinski definition) is 0. The molecule has 3 heteroatoms. The van der Waals surface area contributed by atoms with Crippen LogP contribution in [0.4, 0.5) is 0 Å². The summed E-state index contributed by atoms with van der Waals surface area (Å²) in [6.07, 6.45) is 0. The summed E-state index contributed by atoms with van der Waals surface area (Å²) in [5.41, 5.74) is 2.46. The summed E-state index contributed by atoms with van der Waals surface area (Å²) in [6.45, 7) is 0. The molecule has 0 saturated carbocycles. The Labute approximate surface area is 184 Å². The molecule has 0 fully saturated rings. The zero-order chi connectivity index (χ0) is 20.2. The average molecular weight is 469 g/mol. The molecule has 144 valence electrons. The van der Waals surface area contributed by atoms with Gasteiger partial charge in [-0.25, -0.2) is 0 Å². The van der Waals surface area contributed by atoms with Crippen molar-refractivity contribution in [3.63, 3.8) is 0 Å². The van der Waals surface area contributed by atoms with Crippen molar-refractivity contribution in [2.75, 3.05) is 0 Å². The van der Waals surface area contributed by atoms with E-state index in [0.29, 0.717) is 0 Å². The fraction of sp³-hybridized carbons (Fsp3) is 0. The fourth-order valence-electron chi connectivity index (χ4n) is 3.93. The van der Waals surface area contributed by atoms with Crippen LogP contribution in [0.15, 0.2) is 126 Å². The maximum absolute atomic E-state index is 5.31. The van der Waals surface area contributed by atoms with Crippen LogP contribution in [-0.2, 0) is 0 Å². The molecule has 0 atom stereocenters.